The molecule has 3 atom stereocenters. The summed E-state index contributed by atoms with van der Waals surface area (Å²) in [6, 6.07) is 10.8. The standard InChI is InChI=1S/C22H26N2O3/c1-14-9-12-27-21(14)22(25)24-13-17(16-5-3-4-6-18(16)26-2)20-19(24)15-7-10-23(20)11-8-15/h3-6,9,12,15,17,19-20H,7-8,10-11,13H2,1-2H3/t17-,19-,20-/m1/s1. The van der Waals surface area contributed by atoms with Crippen molar-refractivity contribution in [3.05, 3.63) is 53.5 Å². The molecule has 4 fully saturated rings. The van der Waals surface area contributed by atoms with Crippen molar-refractivity contribution in [3.8, 4) is 5.75 Å². The van der Waals surface area contributed by atoms with Gasteiger partial charge in [-0.1, -0.05) is 18.2 Å². The summed E-state index contributed by atoms with van der Waals surface area (Å²) in [5.41, 5.74) is 2.13. The van der Waals surface area contributed by atoms with Crippen molar-refractivity contribution < 1.29 is 13.9 Å². The number of hydrogen-bond acceptors (Lipinski definition) is 4. The van der Waals surface area contributed by atoms with Gasteiger partial charge < -0.3 is 14.1 Å². The fraction of sp³-hybridized carbons (Fsp3) is 0.500. The quantitative estimate of drug-likeness (QED) is 0.836. The lowest BCUT2D eigenvalue weighted by molar-refractivity contribution is -0.00441. The lowest BCUT2D eigenvalue weighted by atomic mass is 9.75. The van der Waals surface area contributed by atoms with Crippen molar-refractivity contribution in [1.82, 2.24) is 9.80 Å². The number of ether oxygens (including phenoxy) is 1. The zero-order chi connectivity index (χ0) is 18.5. The van der Waals surface area contributed by atoms with Crippen molar-refractivity contribution in [3.63, 3.8) is 0 Å². The highest BCUT2D eigenvalue weighted by molar-refractivity contribution is 5.93. The van der Waals surface area contributed by atoms with E-state index < -0.39 is 0 Å². The van der Waals surface area contributed by atoms with Gasteiger partial charge in [0.05, 0.1) is 19.4 Å². The fourth-order valence-corrected chi connectivity index (χ4v) is 5.62. The zero-order valence-electron chi connectivity index (χ0n) is 15.9. The summed E-state index contributed by atoms with van der Waals surface area (Å²) in [4.78, 5) is 18.1. The molecule has 0 aliphatic carbocycles. The van der Waals surface area contributed by atoms with Crippen LogP contribution in [-0.4, -0.2) is 54.5 Å². The summed E-state index contributed by atoms with van der Waals surface area (Å²) < 4.78 is 11.2. The van der Waals surface area contributed by atoms with Crippen molar-refractivity contribution in [2.45, 2.75) is 37.8 Å². The second-order valence-electron chi connectivity index (χ2n) is 8.09. The minimum atomic E-state index is 0.0404. The van der Waals surface area contributed by atoms with Crippen LogP contribution in [0.3, 0.4) is 0 Å². The van der Waals surface area contributed by atoms with E-state index in [9.17, 15) is 4.79 Å². The van der Waals surface area contributed by atoms with Gasteiger partial charge in [-0.2, -0.15) is 0 Å². The number of nitrogens with zero attached hydrogens (tertiary/aromatic N) is 2. The number of fused-ring (bicyclic) bond motifs is 2. The van der Waals surface area contributed by atoms with Crippen molar-refractivity contribution in [2.75, 3.05) is 26.7 Å². The van der Waals surface area contributed by atoms with Crippen LogP contribution in [-0.2, 0) is 0 Å². The SMILES string of the molecule is COc1ccccc1[C@H]1CN(C(=O)c2occc2C)[C@@H]2C3CCN(CC3)[C@H]12. The first-order chi connectivity index (χ1) is 13.2. The monoisotopic (exact) mass is 366 g/mol. The average molecular weight is 366 g/mol. The summed E-state index contributed by atoms with van der Waals surface area (Å²) in [7, 11) is 1.73. The van der Waals surface area contributed by atoms with Crippen LogP contribution in [0.2, 0.25) is 0 Å². The highest BCUT2D eigenvalue weighted by atomic mass is 16.5. The van der Waals surface area contributed by atoms with E-state index in [1.165, 1.54) is 18.4 Å². The number of methoxy groups -OCH3 is 1. The molecule has 27 heavy (non-hydrogen) atoms. The van der Waals surface area contributed by atoms with Gasteiger partial charge in [-0.25, -0.2) is 0 Å². The number of furan rings is 1. The molecule has 1 aromatic carbocycles. The molecule has 1 aromatic heterocycles. The third-order valence-corrected chi connectivity index (χ3v) is 6.85. The van der Waals surface area contributed by atoms with E-state index in [2.05, 4.69) is 21.9 Å². The molecule has 0 saturated carbocycles. The van der Waals surface area contributed by atoms with Crippen molar-refractivity contribution in [1.29, 1.82) is 0 Å². The van der Waals surface area contributed by atoms with Gasteiger partial charge in [0, 0.05) is 29.6 Å². The Hall–Kier alpha value is -2.27. The number of carbonyl (C=O) groups is 1. The number of rotatable bonds is 3. The number of aryl methyl sites for hydroxylation is 1. The van der Waals surface area contributed by atoms with Gasteiger partial charge in [0.25, 0.3) is 5.91 Å². The van der Waals surface area contributed by atoms with Crippen LogP contribution in [0.25, 0.3) is 0 Å². The third kappa shape index (κ3) is 2.52. The molecular weight excluding hydrogens is 340 g/mol. The minimum absolute atomic E-state index is 0.0404. The van der Waals surface area contributed by atoms with Crippen LogP contribution >= 0.6 is 0 Å². The first-order valence-electron chi connectivity index (χ1n) is 9.91. The van der Waals surface area contributed by atoms with Gasteiger partial charge in [0.15, 0.2) is 5.76 Å². The molecule has 142 valence electrons. The van der Waals surface area contributed by atoms with Gasteiger partial charge in [-0.15, -0.1) is 0 Å². The van der Waals surface area contributed by atoms with E-state index in [0.29, 0.717) is 17.7 Å². The Morgan fingerprint density at radius 1 is 1.15 bits per heavy atom. The molecule has 0 spiro atoms. The molecule has 2 bridgehead atoms. The number of amides is 1. The van der Waals surface area contributed by atoms with Gasteiger partial charge in [-0.05, 0) is 50.9 Å². The second kappa shape index (κ2) is 6.41. The van der Waals surface area contributed by atoms with E-state index in [1.54, 1.807) is 13.4 Å². The molecule has 4 aliphatic heterocycles. The lowest BCUT2D eigenvalue weighted by Gasteiger charge is -2.51. The van der Waals surface area contributed by atoms with Gasteiger partial charge >= 0.3 is 0 Å². The first-order valence-corrected chi connectivity index (χ1v) is 9.91. The van der Waals surface area contributed by atoms with Gasteiger partial charge in [0.2, 0.25) is 0 Å². The Balaban J connectivity index is 1.56. The maximum atomic E-state index is 13.4. The molecule has 1 amide bonds. The Kier molecular flexibility index (Phi) is 4.01. The van der Waals surface area contributed by atoms with E-state index in [-0.39, 0.29) is 17.9 Å². The Labute approximate surface area is 159 Å². The summed E-state index contributed by atoms with van der Waals surface area (Å²) in [5.74, 6) is 2.31. The number of carbonyl (C=O) groups excluding carboxylic acids is 1. The second-order valence-corrected chi connectivity index (χ2v) is 8.09. The first kappa shape index (κ1) is 16.9. The smallest absolute Gasteiger partial charge is 0.290 e. The molecule has 4 saturated heterocycles. The predicted molar refractivity (Wildman–Crippen MR) is 102 cm³/mol. The van der Waals surface area contributed by atoms with E-state index in [4.69, 9.17) is 9.15 Å². The average Bonchev–Trinajstić information content (AvgIpc) is 3.33. The Morgan fingerprint density at radius 2 is 1.93 bits per heavy atom. The number of benzene rings is 1. The van der Waals surface area contributed by atoms with Crippen LogP contribution in [0.1, 0.15) is 40.4 Å². The normalized spacial score (nSPS) is 31.8. The van der Waals surface area contributed by atoms with E-state index in [1.807, 2.05) is 25.1 Å². The molecule has 0 radical (unpaired) electrons. The minimum Gasteiger partial charge on any atom is -0.496 e. The summed E-state index contributed by atoms with van der Waals surface area (Å²) >= 11 is 0. The third-order valence-electron chi connectivity index (χ3n) is 6.85. The number of hydrogen-bond donors (Lipinski definition) is 0. The molecule has 0 N–H and O–H groups in total. The maximum absolute atomic E-state index is 13.4. The van der Waals surface area contributed by atoms with Crippen LogP contribution in [0.5, 0.6) is 5.75 Å². The van der Waals surface area contributed by atoms with Crippen LogP contribution in [0.4, 0.5) is 0 Å². The van der Waals surface area contributed by atoms with Crippen LogP contribution in [0, 0.1) is 12.8 Å². The van der Waals surface area contributed by atoms with Gasteiger partial charge in [-0.3, -0.25) is 9.69 Å². The van der Waals surface area contributed by atoms with Gasteiger partial charge in [0.1, 0.15) is 5.75 Å². The molecule has 5 nitrogen and oxygen atoms in total. The molecule has 0 unspecified atom stereocenters. The Morgan fingerprint density at radius 3 is 2.63 bits per heavy atom. The maximum Gasteiger partial charge on any atom is 0.290 e. The summed E-state index contributed by atoms with van der Waals surface area (Å²) in [6.07, 6.45) is 3.98. The highest BCUT2D eigenvalue weighted by Crippen LogP contribution is 2.48. The molecule has 2 aromatic rings. The zero-order valence-corrected chi connectivity index (χ0v) is 15.9. The topological polar surface area (TPSA) is 45.9 Å². The van der Waals surface area contributed by atoms with Crippen molar-refractivity contribution in [2.24, 2.45) is 5.92 Å². The van der Waals surface area contributed by atoms with E-state index in [0.717, 1.165) is 30.9 Å². The lowest BCUT2D eigenvalue weighted by Crippen LogP contribution is -2.60. The molecule has 5 heteroatoms. The number of likely N-dealkylation sites (tertiary alicyclic amines) is 1. The van der Waals surface area contributed by atoms with Crippen molar-refractivity contribution >= 4 is 5.91 Å². The molecule has 6 rings (SSSR count). The molecule has 5 heterocycles. The highest BCUT2D eigenvalue weighted by Gasteiger charge is 2.55. The Bertz CT molecular complexity index is 853. The fourth-order valence-electron chi connectivity index (χ4n) is 5.62. The predicted octanol–water partition coefficient (Wildman–Crippen LogP) is 3.30. The largest absolute Gasteiger partial charge is 0.496 e. The number of piperidine rings is 3. The number of para-hydroxylation sites is 1. The summed E-state index contributed by atoms with van der Waals surface area (Å²) in [6.45, 7) is 4.94. The van der Waals surface area contributed by atoms with Crippen LogP contribution in [0.15, 0.2) is 41.0 Å². The molecule has 4 aliphatic rings. The van der Waals surface area contributed by atoms with E-state index >= 15 is 0 Å². The summed E-state index contributed by atoms with van der Waals surface area (Å²) in [5, 5.41) is 0. The van der Waals surface area contributed by atoms with Crippen LogP contribution < -0.4 is 4.74 Å². The molecular formula is C22H26N2O3.